The summed E-state index contributed by atoms with van der Waals surface area (Å²) in [5.41, 5.74) is 4.61. The molecule has 1 aromatic heterocycles. The Kier molecular flexibility index (Phi) is 6.32. The lowest BCUT2D eigenvalue weighted by atomic mass is 10.0. The molecule has 1 aliphatic heterocycles. The molecule has 0 atom stereocenters. The smallest absolute Gasteiger partial charge is 0.312 e. The highest BCUT2D eigenvalue weighted by molar-refractivity contribution is 5.68. The van der Waals surface area contributed by atoms with Gasteiger partial charge >= 0.3 is 6.18 Å². The van der Waals surface area contributed by atoms with E-state index in [0.717, 1.165) is 34.4 Å². The summed E-state index contributed by atoms with van der Waals surface area (Å²) in [7, 11) is 0. The number of imidazole rings is 1. The van der Waals surface area contributed by atoms with Crippen LogP contribution in [0.2, 0.25) is 0 Å². The molecule has 0 bridgehead atoms. The molecule has 0 spiro atoms. The second-order valence-electron chi connectivity index (χ2n) is 8.37. The van der Waals surface area contributed by atoms with Crippen LogP contribution in [0.5, 0.6) is 0 Å². The van der Waals surface area contributed by atoms with Gasteiger partial charge in [-0.05, 0) is 51.8 Å². The molecule has 0 radical (unpaired) electrons. The molecule has 0 fully saturated rings. The Morgan fingerprint density at radius 1 is 1.17 bits per heavy atom. The molecule has 1 aromatic carbocycles. The van der Waals surface area contributed by atoms with E-state index in [0.29, 0.717) is 32.1 Å². The van der Waals surface area contributed by atoms with Gasteiger partial charge in [0.05, 0.1) is 5.69 Å². The van der Waals surface area contributed by atoms with E-state index < -0.39 is 11.9 Å². The third kappa shape index (κ3) is 4.41. The molecule has 30 heavy (non-hydrogen) atoms. The predicted molar refractivity (Wildman–Crippen MR) is 115 cm³/mol. The number of fused-ring (bicyclic) bond motifs is 1. The van der Waals surface area contributed by atoms with E-state index in [9.17, 15) is 13.2 Å². The maximum Gasteiger partial charge on any atom is 0.435 e. The fourth-order valence-corrected chi connectivity index (χ4v) is 4.47. The number of alkyl halides is 3. The first-order chi connectivity index (χ1) is 14.0. The molecule has 0 N–H and O–H groups in total. The van der Waals surface area contributed by atoms with Gasteiger partial charge in [0.15, 0.2) is 5.69 Å². The molecule has 1 aliphatic rings. The first-order valence-electron chi connectivity index (χ1n) is 10.4. The normalized spacial score (nSPS) is 14.4. The van der Waals surface area contributed by atoms with Crippen molar-refractivity contribution in [1.82, 2.24) is 14.5 Å². The third-order valence-corrected chi connectivity index (χ3v) is 5.55. The number of aromatic nitrogens is 2. The number of anilines is 2. The topological polar surface area (TPSA) is 24.3 Å². The zero-order valence-electron chi connectivity index (χ0n) is 18.5. The van der Waals surface area contributed by atoms with Gasteiger partial charge in [0.1, 0.15) is 0 Å². The molecule has 0 amide bonds. The first kappa shape index (κ1) is 22.4. The number of likely N-dealkylation sites (N-methyl/N-ethyl adjacent to an activating group) is 1. The van der Waals surface area contributed by atoms with Crippen molar-refractivity contribution in [3.8, 4) is 0 Å². The van der Waals surface area contributed by atoms with Crippen LogP contribution in [-0.2, 0) is 19.3 Å². The van der Waals surface area contributed by atoms with Gasteiger partial charge in [0.25, 0.3) is 0 Å². The molecule has 0 unspecified atom stereocenters. The molecule has 164 valence electrons. The second-order valence-corrected chi connectivity index (χ2v) is 8.37. The van der Waals surface area contributed by atoms with Gasteiger partial charge in [-0.15, -0.1) is 0 Å². The van der Waals surface area contributed by atoms with Crippen LogP contribution < -0.4 is 4.90 Å². The highest BCUT2D eigenvalue weighted by Crippen LogP contribution is 2.40. The van der Waals surface area contributed by atoms with Crippen LogP contribution >= 0.6 is 0 Å². The van der Waals surface area contributed by atoms with Gasteiger partial charge in [-0.1, -0.05) is 36.8 Å². The minimum Gasteiger partial charge on any atom is -0.312 e. The van der Waals surface area contributed by atoms with Gasteiger partial charge < -0.3 is 9.47 Å². The van der Waals surface area contributed by atoms with Gasteiger partial charge in [0.2, 0.25) is 5.95 Å². The van der Waals surface area contributed by atoms with E-state index in [1.807, 2.05) is 44.4 Å². The summed E-state index contributed by atoms with van der Waals surface area (Å²) in [5, 5.41) is 0. The Morgan fingerprint density at radius 3 is 2.33 bits per heavy atom. The van der Waals surface area contributed by atoms with Crippen molar-refractivity contribution in [1.29, 1.82) is 0 Å². The van der Waals surface area contributed by atoms with E-state index in [4.69, 9.17) is 0 Å². The lowest BCUT2D eigenvalue weighted by Gasteiger charge is -2.32. The average molecular weight is 421 g/mol. The van der Waals surface area contributed by atoms with Crippen LogP contribution in [0, 0.1) is 20.8 Å². The largest absolute Gasteiger partial charge is 0.435 e. The summed E-state index contributed by atoms with van der Waals surface area (Å²) < 4.78 is 43.7. The van der Waals surface area contributed by atoms with Crippen molar-refractivity contribution in [2.24, 2.45) is 0 Å². The maximum absolute atomic E-state index is 14.0. The van der Waals surface area contributed by atoms with Crippen molar-refractivity contribution in [3.05, 3.63) is 52.4 Å². The van der Waals surface area contributed by atoms with E-state index >= 15 is 0 Å². The lowest BCUT2D eigenvalue weighted by molar-refractivity contribution is -0.141. The molecular weight excluding hydrogens is 389 g/mol. The molecule has 4 nitrogen and oxygen atoms in total. The highest BCUT2D eigenvalue weighted by Gasteiger charge is 2.41. The molecule has 3 rings (SSSR count). The van der Waals surface area contributed by atoms with E-state index in [1.54, 1.807) is 4.57 Å². The summed E-state index contributed by atoms with van der Waals surface area (Å²) in [6, 6.07) is 4.14. The number of nitrogens with zero attached hydrogens (tertiary/aromatic N) is 4. The monoisotopic (exact) mass is 420 g/mol. The SMILES string of the molecule is C=C(C)CN(CC)Cc1c(C(F)(F)F)nc2n1CCCN2c1c(C)cc(C)cc1C. The minimum atomic E-state index is -4.49. The standard InChI is InChI=1S/C23H31F3N4/c1-7-28(13-15(2)3)14-19-21(23(24,25)26)27-22-29(19)9-8-10-30(22)20-17(5)11-16(4)12-18(20)6/h11-12H,2,7-10,13-14H2,1,3-6H3. The number of halogens is 3. The summed E-state index contributed by atoms with van der Waals surface area (Å²) >= 11 is 0. The third-order valence-electron chi connectivity index (χ3n) is 5.55. The minimum absolute atomic E-state index is 0.199. The highest BCUT2D eigenvalue weighted by atomic mass is 19.4. The van der Waals surface area contributed by atoms with Crippen LogP contribution in [0.3, 0.4) is 0 Å². The van der Waals surface area contributed by atoms with Gasteiger partial charge in [-0.3, -0.25) is 4.90 Å². The van der Waals surface area contributed by atoms with Crippen molar-refractivity contribution in [3.63, 3.8) is 0 Å². The molecule has 0 saturated heterocycles. The van der Waals surface area contributed by atoms with Gasteiger partial charge in [0, 0.05) is 31.9 Å². The zero-order valence-corrected chi connectivity index (χ0v) is 18.5. The Morgan fingerprint density at radius 2 is 1.80 bits per heavy atom. The summed E-state index contributed by atoms with van der Waals surface area (Å²) in [5.74, 6) is 0.394. The van der Waals surface area contributed by atoms with E-state index in [2.05, 4.69) is 23.7 Å². The Balaban J connectivity index is 2.13. The fourth-order valence-electron chi connectivity index (χ4n) is 4.47. The summed E-state index contributed by atoms with van der Waals surface area (Å²) in [4.78, 5) is 8.10. The molecule has 0 saturated carbocycles. The second kappa shape index (κ2) is 8.46. The van der Waals surface area contributed by atoms with Crippen molar-refractivity contribution in [2.75, 3.05) is 24.5 Å². The molecule has 2 heterocycles. The lowest BCUT2D eigenvalue weighted by Crippen LogP contribution is -2.32. The van der Waals surface area contributed by atoms with E-state index in [1.165, 1.54) is 0 Å². The fraction of sp³-hybridized carbons (Fsp3) is 0.522. The average Bonchev–Trinajstić information content (AvgIpc) is 2.99. The maximum atomic E-state index is 14.0. The van der Waals surface area contributed by atoms with Gasteiger partial charge in [-0.25, -0.2) is 4.98 Å². The number of hydrogen-bond acceptors (Lipinski definition) is 3. The number of benzene rings is 1. The number of hydrogen-bond donors (Lipinski definition) is 0. The van der Waals surface area contributed by atoms with E-state index in [-0.39, 0.29) is 12.2 Å². The van der Waals surface area contributed by atoms with Gasteiger partial charge in [-0.2, -0.15) is 13.2 Å². The van der Waals surface area contributed by atoms with Crippen LogP contribution in [0.4, 0.5) is 24.8 Å². The quantitative estimate of drug-likeness (QED) is 0.555. The van der Waals surface area contributed by atoms with Crippen LogP contribution in [0.25, 0.3) is 0 Å². The van der Waals surface area contributed by atoms with Crippen molar-refractivity contribution in [2.45, 2.75) is 60.3 Å². The first-order valence-corrected chi connectivity index (χ1v) is 10.4. The number of aryl methyl sites for hydroxylation is 3. The Hall–Kier alpha value is -2.28. The summed E-state index contributed by atoms with van der Waals surface area (Å²) in [6.45, 7) is 16.4. The van der Waals surface area contributed by atoms with Crippen molar-refractivity contribution >= 4 is 11.6 Å². The molecule has 2 aromatic rings. The zero-order chi connectivity index (χ0) is 22.2. The van der Waals surface area contributed by atoms with Crippen LogP contribution in [0.1, 0.15) is 48.3 Å². The Labute approximate surface area is 177 Å². The van der Waals surface area contributed by atoms with Crippen LogP contribution in [-0.4, -0.2) is 34.1 Å². The molecule has 7 heteroatoms. The summed E-state index contributed by atoms with van der Waals surface area (Å²) in [6.07, 6.45) is -3.72. The molecular formula is C23H31F3N4. The number of rotatable bonds is 6. The Bertz CT molecular complexity index is 920. The predicted octanol–water partition coefficient (Wildman–Crippen LogP) is 5.77. The van der Waals surface area contributed by atoms with Crippen LogP contribution in [0.15, 0.2) is 24.3 Å². The van der Waals surface area contributed by atoms with Crippen molar-refractivity contribution < 1.29 is 13.2 Å². The molecule has 0 aliphatic carbocycles.